The molecule has 2 aromatic carbocycles. The summed E-state index contributed by atoms with van der Waals surface area (Å²) in [5, 5.41) is 11.1. The molecule has 1 heterocycles. The summed E-state index contributed by atoms with van der Waals surface area (Å²) in [6, 6.07) is 7.93. The smallest absolute Gasteiger partial charge is 0.343 e. The quantitative estimate of drug-likeness (QED) is 0.361. The first-order valence-corrected chi connectivity index (χ1v) is 12.6. The van der Waals surface area contributed by atoms with Gasteiger partial charge >= 0.3 is 5.69 Å². The number of benzene rings is 2. The molecule has 4 rings (SSSR count). The van der Waals surface area contributed by atoms with Gasteiger partial charge in [-0.2, -0.15) is 3.97 Å². The monoisotopic (exact) mass is 489 g/mol. The molecule has 1 aliphatic rings. The molecule has 182 valence electrons. The summed E-state index contributed by atoms with van der Waals surface area (Å²) in [6.45, 7) is 4.40. The molecular weight excluding hydrogens is 462 g/mol. The molecule has 1 saturated carbocycles. The van der Waals surface area contributed by atoms with Crippen molar-refractivity contribution in [1.29, 1.82) is 0 Å². The number of aromatic nitrogens is 2. The van der Waals surface area contributed by atoms with Gasteiger partial charge < -0.3 is 9.47 Å². The minimum Gasteiger partial charge on any atom is -0.495 e. The Balaban J connectivity index is 1.98. The number of ether oxygens (including phenoxy) is 2. The maximum Gasteiger partial charge on any atom is 0.343 e. The van der Waals surface area contributed by atoms with E-state index in [-0.39, 0.29) is 27.9 Å². The fourth-order valence-electron chi connectivity index (χ4n) is 4.73. The first-order chi connectivity index (χ1) is 16.2. The van der Waals surface area contributed by atoms with Crippen LogP contribution < -0.4 is 15.2 Å². The lowest BCUT2D eigenvalue weighted by atomic mass is 9.87. The van der Waals surface area contributed by atoms with Crippen LogP contribution >= 0.6 is 0 Å². The second-order valence-corrected chi connectivity index (χ2v) is 10.3. The number of nitro groups is 1. The molecule has 0 saturated heterocycles. The van der Waals surface area contributed by atoms with Crippen molar-refractivity contribution in [1.82, 2.24) is 8.54 Å². The lowest BCUT2D eigenvalue weighted by molar-refractivity contribution is -0.385. The zero-order valence-corrected chi connectivity index (χ0v) is 20.1. The second-order valence-electron chi connectivity index (χ2n) is 8.52. The van der Waals surface area contributed by atoms with Gasteiger partial charge in [0.25, 0.3) is 15.7 Å². The first-order valence-electron chi connectivity index (χ1n) is 11.2. The number of fused-ring (bicyclic) bond motifs is 1. The summed E-state index contributed by atoms with van der Waals surface area (Å²) < 4.78 is 40.6. The number of non-ortho nitro benzene ring substituents is 1. The predicted octanol–water partition coefficient (Wildman–Crippen LogP) is 4.11. The van der Waals surface area contributed by atoms with Crippen molar-refractivity contribution in [3.8, 4) is 11.5 Å². The van der Waals surface area contributed by atoms with Crippen LogP contribution in [0.1, 0.15) is 45.6 Å². The highest BCUT2D eigenvalue weighted by atomic mass is 32.2. The van der Waals surface area contributed by atoms with Gasteiger partial charge in [-0.1, -0.05) is 19.8 Å². The molecular formula is C23H27N3O7S. The van der Waals surface area contributed by atoms with Crippen LogP contribution in [0.5, 0.6) is 11.5 Å². The molecule has 1 aromatic heterocycles. The Morgan fingerprint density at radius 3 is 2.56 bits per heavy atom. The second kappa shape index (κ2) is 9.13. The minimum atomic E-state index is -4.44. The van der Waals surface area contributed by atoms with Crippen LogP contribution in [0.4, 0.5) is 5.69 Å². The lowest BCUT2D eigenvalue weighted by Crippen LogP contribution is -2.33. The number of hydrogen-bond acceptors (Lipinski definition) is 7. The molecule has 0 radical (unpaired) electrons. The third-order valence-corrected chi connectivity index (χ3v) is 7.99. The van der Waals surface area contributed by atoms with Gasteiger partial charge in [0.05, 0.1) is 35.7 Å². The molecule has 0 aliphatic heterocycles. The van der Waals surface area contributed by atoms with Crippen molar-refractivity contribution in [3.05, 3.63) is 57.0 Å². The van der Waals surface area contributed by atoms with E-state index in [2.05, 4.69) is 6.92 Å². The maximum atomic E-state index is 13.8. The standard InChI is InChI=1S/C23H27N3O7S/c1-4-33-18-9-10-19-20(14-18)24(16-7-5-6-15(2)12-16)23(27)25(19)34(30,31)22-11-8-17(26(28)29)13-21(22)32-3/h8-11,13-16H,4-7,12H2,1-3H3. The van der Waals surface area contributed by atoms with E-state index < -0.39 is 20.6 Å². The van der Waals surface area contributed by atoms with Gasteiger partial charge in [-0.25, -0.2) is 13.2 Å². The summed E-state index contributed by atoms with van der Waals surface area (Å²) in [5.41, 5.74) is -0.308. The van der Waals surface area contributed by atoms with Crippen LogP contribution in [0.3, 0.4) is 0 Å². The highest BCUT2D eigenvalue weighted by molar-refractivity contribution is 7.90. The SMILES string of the molecule is CCOc1ccc2c(c1)n(C1CCCC(C)C1)c(=O)n2S(=O)(=O)c1ccc([N+](=O)[O-])cc1OC. The molecule has 0 amide bonds. The van der Waals surface area contributed by atoms with Gasteiger partial charge in [-0.15, -0.1) is 0 Å². The number of methoxy groups -OCH3 is 1. The molecule has 2 unspecified atom stereocenters. The van der Waals surface area contributed by atoms with Gasteiger partial charge in [0.2, 0.25) is 0 Å². The molecule has 1 aliphatic carbocycles. The van der Waals surface area contributed by atoms with E-state index in [4.69, 9.17) is 9.47 Å². The normalized spacial score (nSPS) is 18.7. The summed E-state index contributed by atoms with van der Waals surface area (Å²) in [5.74, 6) is 0.736. The van der Waals surface area contributed by atoms with Crippen LogP contribution in [-0.4, -0.2) is 35.6 Å². The van der Waals surface area contributed by atoms with E-state index in [1.807, 2.05) is 6.92 Å². The molecule has 2 atom stereocenters. The van der Waals surface area contributed by atoms with Crippen molar-refractivity contribution in [2.24, 2.45) is 5.92 Å². The highest BCUT2D eigenvalue weighted by Gasteiger charge is 2.32. The van der Waals surface area contributed by atoms with Crippen molar-refractivity contribution in [2.45, 2.75) is 50.5 Å². The van der Waals surface area contributed by atoms with E-state index in [0.717, 1.165) is 47.9 Å². The van der Waals surface area contributed by atoms with Crippen molar-refractivity contribution in [3.63, 3.8) is 0 Å². The van der Waals surface area contributed by atoms with E-state index in [0.29, 0.717) is 23.8 Å². The van der Waals surface area contributed by atoms with Gasteiger partial charge in [-0.05, 0) is 43.9 Å². The number of hydrogen-bond donors (Lipinski definition) is 0. The Morgan fingerprint density at radius 2 is 1.91 bits per heavy atom. The molecule has 1 fully saturated rings. The number of rotatable bonds is 7. The van der Waals surface area contributed by atoms with Gasteiger partial charge in [0.1, 0.15) is 16.4 Å². The number of nitro benzene ring substituents is 1. The van der Waals surface area contributed by atoms with Crippen LogP contribution in [0.25, 0.3) is 11.0 Å². The molecule has 0 spiro atoms. The first kappa shape index (κ1) is 23.8. The molecule has 11 heteroatoms. The maximum absolute atomic E-state index is 13.8. The van der Waals surface area contributed by atoms with E-state index in [1.165, 1.54) is 7.11 Å². The fourth-order valence-corrected chi connectivity index (χ4v) is 6.27. The predicted molar refractivity (Wildman–Crippen MR) is 126 cm³/mol. The zero-order chi connectivity index (χ0) is 24.6. The average molecular weight is 490 g/mol. The average Bonchev–Trinajstić information content (AvgIpc) is 3.10. The molecule has 0 bridgehead atoms. The Morgan fingerprint density at radius 1 is 1.15 bits per heavy atom. The molecule has 3 aromatic rings. The van der Waals surface area contributed by atoms with Crippen molar-refractivity contribution >= 4 is 26.7 Å². The lowest BCUT2D eigenvalue weighted by Gasteiger charge is -2.27. The summed E-state index contributed by atoms with van der Waals surface area (Å²) in [7, 11) is -3.22. The summed E-state index contributed by atoms with van der Waals surface area (Å²) in [4.78, 5) is 23.9. The van der Waals surface area contributed by atoms with E-state index in [1.54, 1.807) is 22.8 Å². The van der Waals surface area contributed by atoms with Gasteiger partial charge in [-0.3, -0.25) is 14.7 Å². The van der Waals surface area contributed by atoms with Crippen LogP contribution in [0, 0.1) is 16.0 Å². The molecule has 34 heavy (non-hydrogen) atoms. The molecule has 0 N–H and O–H groups in total. The van der Waals surface area contributed by atoms with Gasteiger partial charge in [0.15, 0.2) is 0 Å². The Hall–Kier alpha value is -3.34. The van der Waals surface area contributed by atoms with E-state index in [9.17, 15) is 23.3 Å². The summed E-state index contributed by atoms with van der Waals surface area (Å²) >= 11 is 0. The van der Waals surface area contributed by atoms with Crippen LogP contribution in [-0.2, 0) is 10.0 Å². The van der Waals surface area contributed by atoms with Crippen molar-refractivity contribution < 1.29 is 22.8 Å². The van der Waals surface area contributed by atoms with Crippen LogP contribution in [0.2, 0.25) is 0 Å². The third-order valence-electron chi connectivity index (χ3n) is 6.27. The Labute approximate surface area is 196 Å². The third kappa shape index (κ3) is 4.04. The summed E-state index contributed by atoms with van der Waals surface area (Å²) in [6.07, 6.45) is 3.54. The Bertz CT molecular complexity index is 1410. The topological polar surface area (TPSA) is 123 Å². The fraction of sp³-hybridized carbons (Fsp3) is 0.435. The minimum absolute atomic E-state index is 0.147. The largest absolute Gasteiger partial charge is 0.495 e. The van der Waals surface area contributed by atoms with Crippen LogP contribution in [0.15, 0.2) is 46.1 Å². The number of imidazole rings is 1. The Kier molecular flexibility index (Phi) is 6.39. The van der Waals surface area contributed by atoms with Gasteiger partial charge in [0, 0.05) is 18.2 Å². The molecule has 10 nitrogen and oxygen atoms in total. The highest BCUT2D eigenvalue weighted by Crippen LogP contribution is 2.36. The van der Waals surface area contributed by atoms with E-state index >= 15 is 0 Å². The van der Waals surface area contributed by atoms with Crippen molar-refractivity contribution in [2.75, 3.05) is 13.7 Å². The number of nitrogens with zero attached hydrogens (tertiary/aromatic N) is 3. The zero-order valence-electron chi connectivity index (χ0n) is 19.3.